The lowest BCUT2D eigenvalue weighted by Gasteiger charge is -2.22. The zero-order valence-corrected chi connectivity index (χ0v) is 24.5. The lowest BCUT2D eigenvalue weighted by molar-refractivity contribution is 1.58. The summed E-state index contributed by atoms with van der Waals surface area (Å²) in [7, 11) is 0. The number of rotatable bonds is 5. The maximum Gasteiger partial charge on any atom is 0.0629 e. The molecule has 0 aliphatic carbocycles. The second-order valence-corrected chi connectivity index (χ2v) is 10.5. The molecule has 224 valence electrons. The van der Waals surface area contributed by atoms with E-state index in [4.69, 9.17) is 27.4 Å². The molecule has 9 rings (SSSR count). The molecule has 0 heterocycles. The van der Waals surface area contributed by atoms with E-state index in [2.05, 4.69) is 0 Å². The summed E-state index contributed by atoms with van der Waals surface area (Å²) in [5.74, 6) is 0. The second kappa shape index (κ2) is 11.8. The Balaban J connectivity index is 1.58. The first-order valence-corrected chi connectivity index (χ1v) is 14.5. The van der Waals surface area contributed by atoms with E-state index in [1.54, 1.807) is 0 Å². The Labute approximate surface area is 317 Å². The van der Waals surface area contributed by atoms with Crippen LogP contribution in [0.1, 0.15) is 35.6 Å². The van der Waals surface area contributed by atoms with Crippen LogP contribution in [-0.4, -0.2) is 0 Å². The van der Waals surface area contributed by atoms with Crippen LogP contribution in [0, 0.1) is 0 Å². The van der Waals surface area contributed by atoms with Gasteiger partial charge in [0.2, 0.25) is 0 Å². The Morgan fingerprint density at radius 2 is 0.667 bits per heavy atom. The molecule has 9 aromatic rings. The zero-order chi connectivity index (χ0) is 54.5. The van der Waals surface area contributed by atoms with Crippen molar-refractivity contribution in [2.75, 3.05) is 0 Å². The summed E-state index contributed by atoms with van der Waals surface area (Å²) in [6.45, 7) is 0. The summed E-state index contributed by atoms with van der Waals surface area (Å²) in [4.78, 5) is 0. The number of hydrogen-bond acceptors (Lipinski definition) is 0. The van der Waals surface area contributed by atoms with E-state index in [9.17, 15) is 8.22 Å². The molecule has 0 saturated heterocycles. The van der Waals surface area contributed by atoms with E-state index in [-0.39, 0.29) is 22.3 Å². The summed E-state index contributed by atoms with van der Waals surface area (Å²) < 4.78 is 232. The molecule has 0 bridgehead atoms. The van der Waals surface area contributed by atoms with Gasteiger partial charge in [-0.3, -0.25) is 0 Å². The molecule has 0 aliphatic rings. The first-order valence-electron chi connectivity index (χ1n) is 27.5. The van der Waals surface area contributed by atoms with Crippen LogP contribution >= 0.6 is 0 Å². The molecule has 9 aromatic carbocycles. The molecule has 0 aliphatic heterocycles. The molecule has 0 heteroatoms. The van der Waals surface area contributed by atoms with Crippen molar-refractivity contribution in [3.63, 3.8) is 0 Å². The standard InChI is InChI=1S/C48H32/c1-4-15-33(16-5-1)36-27-28-38-32-39(30-29-37(38)31-36)46-42-21-10-12-23-44(42)48(45-24-13-11-22-43(45)46)47-40(34-17-6-2-7-18-34)25-14-26-41(47)35-19-8-3-9-20-35/h1-32H/i1D,2D,3D,4D,5D,6D,7D,8D,9D,10D,11D,12D,13D,14D,15D,16D,17D,18D,19D,20D,21D,22D,23D,24D,25D,26D. The fourth-order valence-corrected chi connectivity index (χ4v) is 5.90. The van der Waals surface area contributed by atoms with Gasteiger partial charge in [0.05, 0.1) is 35.6 Å². The summed E-state index contributed by atoms with van der Waals surface area (Å²) in [6, 6.07) is -13.6. The van der Waals surface area contributed by atoms with Crippen LogP contribution in [0.2, 0.25) is 0 Å². The maximum atomic E-state index is 9.65. The smallest absolute Gasteiger partial charge is 0.0622 e. The molecule has 0 radical (unpaired) electrons. The SMILES string of the molecule is [2H]c1c([2H])c([2H])c(-c2ccc3cc(-c4c5c([2H])c([2H])c([2H])c([2H])c5c(-c5c(-c6c([2H])c([2H])c([2H])c([2H])c6[2H])c([2H])c([2H])c([2H])c5-c5c([2H])c([2H])c([2H])c([2H])c5[2H])c5c([2H])c([2H])c([2H])c([2H])c45)ccc3c2)c([2H])c1[2H]. The van der Waals surface area contributed by atoms with Crippen LogP contribution in [-0.2, 0) is 0 Å². The normalized spacial score (nSPS) is 18.9. The number of hydrogen-bond donors (Lipinski definition) is 0. The quantitative estimate of drug-likeness (QED) is 0.165. The molecular formula is C48H32. The average Bonchev–Trinajstić information content (AvgIpc) is 3.39. The third-order valence-electron chi connectivity index (χ3n) is 7.92. The maximum absolute atomic E-state index is 9.65. The van der Waals surface area contributed by atoms with Crippen LogP contribution in [0.4, 0.5) is 0 Å². The minimum atomic E-state index is -1.06. The Morgan fingerprint density at radius 1 is 0.271 bits per heavy atom. The lowest BCUT2D eigenvalue weighted by Crippen LogP contribution is -1.95. The van der Waals surface area contributed by atoms with Crippen molar-refractivity contribution in [3.05, 3.63) is 194 Å². The molecule has 48 heavy (non-hydrogen) atoms. The molecule has 0 saturated carbocycles. The van der Waals surface area contributed by atoms with E-state index in [1.165, 1.54) is 36.4 Å². The van der Waals surface area contributed by atoms with Crippen LogP contribution in [0.25, 0.3) is 88.0 Å². The van der Waals surface area contributed by atoms with Gasteiger partial charge in [-0.1, -0.05) is 181 Å². The molecule has 0 fully saturated rings. The Kier molecular flexibility index (Phi) is 2.98. The largest absolute Gasteiger partial charge is 0.0629 e. The van der Waals surface area contributed by atoms with Gasteiger partial charge < -0.3 is 0 Å². The van der Waals surface area contributed by atoms with Crippen LogP contribution in [0.3, 0.4) is 0 Å². The van der Waals surface area contributed by atoms with Gasteiger partial charge in [-0.2, -0.15) is 0 Å². The highest BCUT2D eigenvalue weighted by Crippen LogP contribution is 2.49. The third kappa shape index (κ3) is 4.78. The average molecular weight is 635 g/mol. The van der Waals surface area contributed by atoms with Gasteiger partial charge in [0, 0.05) is 0 Å². The first-order chi connectivity index (χ1) is 34.6. The monoisotopic (exact) mass is 634 g/mol. The highest BCUT2D eigenvalue weighted by molar-refractivity contribution is 6.24. The van der Waals surface area contributed by atoms with Crippen molar-refractivity contribution >= 4 is 32.3 Å². The van der Waals surface area contributed by atoms with Crippen molar-refractivity contribution in [1.82, 2.24) is 0 Å². The second-order valence-electron chi connectivity index (χ2n) is 10.5. The molecule has 0 unspecified atom stereocenters. The van der Waals surface area contributed by atoms with Crippen molar-refractivity contribution in [2.45, 2.75) is 0 Å². The van der Waals surface area contributed by atoms with Crippen molar-refractivity contribution in [2.24, 2.45) is 0 Å². The third-order valence-corrected chi connectivity index (χ3v) is 7.92. The predicted molar refractivity (Wildman–Crippen MR) is 206 cm³/mol. The van der Waals surface area contributed by atoms with Gasteiger partial charge in [0.25, 0.3) is 0 Å². The molecule has 0 amide bonds. The van der Waals surface area contributed by atoms with Gasteiger partial charge in [-0.25, -0.2) is 0 Å². The Morgan fingerprint density at radius 3 is 1.17 bits per heavy atom. The summed E-state index contributed by atoms with van der Waals surface area (Å²) in [6.07, 6.45) is 0. The van der Waals surface area contributed by atoms with Gasteiger partial charge in [-0.15, -0.1) is 0 Å². The highest BCUT2D eigenvalue weighted by Gasteiger charge is 2.22. The van der Waals surface area contributed by atoms with E-state index >= 15 is 0 Å². The summed E-state index contributed by atoms with van der Waals surface area (Å²) in [5.41, 5.74) is -4.93. The van der Waals surface area contributed by atoms with E-state index < -0.39 is 212 Å². The molecule has 0 atom stereocenters. The minimum Gasteiger partial charge on any atom is -0.0622 e. The molecule has 0 nitrogen and oxygen atoms in total. The lowest BCUT2D eigenvalue weighted by atomic mass is 9.81. The van der Waals surface area contributed by atoms with E-state index in [1.807, 2.05) is 0 Å². The Bertz CT molecular complexity index is 3820. The minimum absolute atomic E-state index is 0.0604. The summed E-state index contributed by atoms with van der Waals surface area (Å²) in [5, 5.41) is -1.37. The zero-order valence-electron chi connectivity index (χ0n) is 50.5. The van der Waals surface area contributed by atoms with E-state index in [0.717, 1.165) is 0 Å². The van der Waals surface area contributed by atoms with E-state index in [0.29, 0.717) is 10.8 Å². The molecule has 0 N–H and O–H groups in total. The van der Waals surface area contributed by atoms with Gasteiger partial charge >= 0.3 is 0 Å². The first kappa shape index (κ1) is 12.1. The summed E-state index contributed by atoms with van der Waals surface area (Å²) >= 11 is 0. The van der Waals surface area contributed by atoms with Gasteiger partial charge in [0.1, 0.15) is 0 Å². The van der Waals surface area contributed by atoms with Gasteiger partial charge in [-0.05, 0) is 100 Å². The number of fused-ring (bicyclic) bond motifs is 3. The van der Waals surface area contributed by atoms with Crippen molar-refractivity contribution < 1.29 is 35.6 Å². The fourth-order valence-electron chi connectivity index (χ4n) is 5.90. The van der Waals surface area contributed by atoms with Crippen LogP contribution < -0.4 is 0 Å². The Hall–Kier alpha value is -6.24. The topological polar surface area (TPSA) is 0 Å². The highest BCUT2D eigenvalue weighted by atomic mass is 14.2. The predicted octanol–water partition coefficient (Wildman–Crippen LogP) is 13.5. The van der Waals surface area contributed by atoms with Crippen LogP contribution in [0.5, 0.6) is 0 Å². The van der Waals surface area contributed by atoms with Crippen molar-refractivity contribution in [1.29, 1.82) is 0 Å². The van der Waals surface area contributed by atoms with Crippen molar-refractivity contribution in [3.8, 4) is 55.6 Å². The molecular weight excluding hydrogens is 577 g/mol. The molecule has 0 aromatic heterocycles. The van der Waals surface area contributed by atoms with Crippen LogP contribution in [0.15, 0.2) is 194 Å². The fraction of sp³-hybridized carbons (Fsp3) is 0. The number of benzene rings is 9. The molecule has 0 spiro atoms. The van der Waals surface area contributed by atoms with Gasteiger partial charge in [0.15, 0.2) is 0 Å².